The van der Waals surface area contributed by atoms with Gasteiger partial charge in [-0.2, -0.15) is 0 Å². The van der Waals surface area contributed by atoms with Gasteiger partial charge in [0.25, 0.3) is 0 Å². The fourth-order valence-corrected chi connectivity index (χ4v) is 8.62. The van der Waals surface area contributed by atoms with Crippen LogP contribution in [0.1, 0.15) is 20.3 Å². The predicted octanol–water partition coefficient (Wildman–Crippen LogP) is 1.31. The average molecular weight is 525 g/mol. The third kappa shape index (κ3) is 5.12. The fourth-order valence-electron chi connectivity index (χ4n) is 6.22. The summed E-state index contributed by atoms with van der Waals surface area (Å²) in [5.74, 6) is 0.787. The summed E-state index contributed by atoms with van der Waals surface area (Å²) >= 11 is 0. The number of hydrogen-bond donors (Lipinski definition) is 0. The highest BCUT2D eigenvalue weighted by Crippen LogP contribution is 2.44. The quantitative estimate of drug-likeness (QED) is 0.575. The molecule has 0 radical (unpaired) electrons. The monoisotopic (exact) mass is 524 g/mol. The molecule has 2 atom stereocenters. The van der Waals surface area contributed by atoms with E-state index in [0.29, 0.717) is 32.1 Å². The van der Waals surface area contributed by atoms with Crippen molar-refractivity contribution < 1.29 is 21.6 Å². The molecule has 5 fully saturated rings. The molecule has 1 unspecified atom stereocenters. The van der Waals surface area contributed by atoms with E-state index >= 15 is 0 Å². The van der Waals surface area contributed by atoms with Crippen molar-refractivity contribution in [2.45, 2.75) is 26.3 Å². The zero-order chi connectivity index (χ0) is 25.0. The number of amides is 2. The maximum atomic E-state index is 13.4. The van der Waals surface area contributed by atoms with Gasteiger partial charge in [0, 0.05) is 57.2 Å². The lowest BCUT2D eigenvalue weighted by Crippen LogP contribution is -2.55. The molecule has 0 aromatic heterocycles. The molecule has 35 heavy (non-hydrogen) atoms. The summed E-state index contributed by atoms with van der Waals surface area (Å²) in [6.45, 7) is 8.27. The van der Waals surface area contributed by atoms with Gasteiger partial charge >= 0.3 is 6.03 Å². The number of anilines is 2. The molecule has 5 heterocycles. The van der Waals surface area contributed by atoms with Gasteiger partial charge in [-0.25, -0.2) is 21.6 Å². The molecule has 0 aliphatic carbocycles. The number of sulfone groups is 2. The van der Waals surface area contributed by atoms with E-state index in [1.807, 2.05) is 17.0 Å². The minimum absolute atomic E-state index is 0.0123. The Labute approximate surface area is 208 Å². The summed E-state index contributed by atoms with van der Waals surface area (Å²) in [6, 6.07) is 8.45. The first-order valence-corrected chi connectivity index (χ1v) is 16.1. The van der Waals surface area contributed by atoms with Gasteiger partial charge in [-0.3, -0.25) is 0 Å². The van der Waals surface area contributed by atoms with E-state index in [2.05, 4.69) is 35.8 Å². The van der Waals surface area contributed by atoms with Crippen molar-refractivity contribution in [2.75, 3.05) is 78.6 Å². The normalized spacial score (nSPS) is 29.7. The minimum atomic E-state index is -3.04. The second-order valence-electron chi connectivity index (χ2n) is 11.2. The zero-order valence-corrected chi connectivity index (χ0v) is 22.2. The van der Waals surface area contributed by atoms with Crippen LogP contribution in [-0.4, -0.2) is 108 Å². The Kier molecular flexibility index (Phi) is 6.22. The second-order valence-corrected chi connectivity index (χ2v) is 15.8. The molecule has 5 aliphatic rings. The number of carbonyl (C=O) groups excluding carboxylic acids is 1. The Bertz CT molecular complexity index is 1170. The highest BCUT2D eigenvalue weighted by molar-refractivity contribution is 7.91. The second kappa shape index (κ2) is 8.83. The standard InChI is InChI=1S/C24H36N4O5S2/c1-24(2)15-19-16-27(23(29)26-8-12-35(32,33)13-9-26)18-22(24)28(17-19)21-5-3-4-20(14-21)25-6-10-34(30,31)11-7-25/h3-5,14,19,22H,6-13,15-18H2,1-2H3/t19-,22?/m1/s1. The van der Waals surface area contributed by atoms with Crippen LogP contribution >= 0.6 is 0 Å². The van der Waals surface area contributed by atoms with Gasteiger partial charge in [-0.1, -0.05) is 19.9 Å². The molecule has 11 heteroatoms. The van der Waals surface area contributed by atoms with Crippen molar-refractivity contribution in [3.63, 3.8) is 0 Å². The summed E-state index contributed by atoms with van der Waals surface area (Å²) in [5.41, 5.74) is 2.16. The van der Waals surface area contributed by atoms with Gasteiger partial charge in [-0.05, 0) is 36.0 Å². The smallest absolute Gasteiger partial charge is 0.320 e. The number of carbonyl (C=O) groups is 1. The number of rotatable bonds is 2. The Hall–Kier alpha value is -2.01. The molecule has 194 valence electrons. The third-order valence-corrected chi connectivity index (χ3v) is 11.4. The number of benzene rings is 1. The van der Waals surface area contributed by atoms with E-state index in [4.69, 9.17) is 0 Å². The van der Waals surface area contributed by atoms with Crippen molar-refractivity contribution in [1.29, 1.82) is 0 Å². The van der Waals surface area contributed by atoms with Crippen LogP contribution in [0.15, 0.2) is 24.3 Å². The molecule has 2 bridgehead atoms. The van der Waals surface area contributed by atoms with Crippen molar-refractivity contribution in [2.24, 2.45) is 11.3 Å². The summed E-state index contributed by atoms with van der Waals surface area (Å²) < 4.78 is 47.4. The van der Waals surface area contributed by atoms with Crippen molar-refractivity contribution in [3.8, 4) is 0 Å². The zero-order valence-electron chi connectivity index (χ0n) is 20.6. The van der Waals surface area contributed by atoms with E-state index < -0.39 is 19.7 Å². The molecule has 0 saturated carbocycles. The molecular formula is C24H36N4O5S2. The molecule has 1 aromatic carbocycles. The van der Waals surface area contributed by atoms with Crippen molar-refractivity contribution in [1.82, 2.24) is 9.80 Å². The third-order valence-electron chi connectivity index (χ3n) is 8.18. The molecule has 9 nitrogen and oxygen atoms in total. The number of urea groups is 1. The molecule has 1 aromatic rings. The fraction of sp³-hybridized carbons (Fsp3) is 0.708. The number of piperidine rings is 1. The van der Waals surface area contributed by atoms with Crippen LogP contribution < -0.4 is 9.80 Å². The molecule has 6 rings (SSSR count). The number of fused-ring (bicyclic) bond motifs is 4. The highest BCUT2D eigenvalue weighted by atomic mass is 32.2. The lowest BCUT2D eigenvalue weighted by atomic mass is 9.73. The van der Waals surface area contributed by atoms with Gasteiger partial charge in [0.05, 0.1) is 29.1 Å². The van der Waals surface area contributed by atoms with Crippen LogP contribution in [-0.2, 0) is 19.7 Å². The van der Waals surface area contributed by atoms with Gasteiger partial charge in [0.2, 0.25) is 0 Å². The van der Waals surface area contributed by atoms with Crippen LogP contribution in [0.25, 0.3) is 0 Å². The van der Waals surface area contributed by atoms with E-state index in [0.717, 1.165) is 24.3 Å². The first kappa shape index (κ1) is 24.7. The molecule has 0 N–H and O–H groups in total. The molecule has 2 amide bonds. The van der Waals surface area contributed by atoms with Gasteiger partial charge in [0.1, 0.15) is 0 Å². The average Bonchev–Trinajstić information content (AvgIpc) is 3.06. The van der Waals surface area contributed by atoms with Crippen LogP contribution in [0.4, 0.5) is 16.2 Å². The van der Waals surface area contributed by atoms with Crippen molar-refractivity contribution in [3.05, 3.63) is 24.3 Å². The first-order chi connectivity index (χ1) is 16.4. The summed E-state index contributed by atoms with van der Waals surface area (Å²) in [6.07, 6.45) is 1.04. The summed E-state index contributed by atoms with van der Waals surface area (Å²) in [7, 11) is -5.98. The van der Waals surface area contributed by atoms with Gasteiger partial charge in [-0.15, -0.1) is 0 Å². The molecule has 0 spiro atoms. The predicted molar refractivity (Wildman–Crippen MR) is 138 cm³/mol. The molecule has 5 saturated heterocycles. The maximum Gasteiger partial charge on any atom is 0.320 e. The number of nitrogens with zero attached hydrogens (tertiary/aromatic N) is 4. The Morgan fingerprint density at radius 3 is 2.09 bits per heavy atom. The molecule has 5 aliphatic heterocycles. The lowest BCUT2D eigenvalue weighted by molar-refractivity contribution is 0.153. The van der Waals surface area contributed by atoms with E-state index in [1.165, 1.54) is 0 Å². The lowest BCUT2D eigenvalue weighted by Gasteiger charge is -2.48. The largest absolute Gasteiger partial charge is 0.369 e. The van der Waals surface area contributed by atoms with Crippen molar-refractivity contribution >= 4 is 37.1 Å². The first-order valence-electron chi connectivity index (χ1n) is 12.5. The topological polar surface area (TPSA) is 98.3 Å². The van der Waals surface area contributed by atoms with E-state index in [-0.39, 0.29) is 53.6 Å². The summed E-state index contributed by atoms with van der Waals surface area (Å²) in [5, 5.41) is 0. The van der Waals surface area contributed by atoms with Crippen LogP contribution in [0.3, 0.4) is 0 Å². The Morgan fingerprint density at radius 2 is 1.43 bits per heavy atom. The Balaban J connectivity index is 1.36. The minimum Gasteiger partial charge on any atom is -0.369 e. The maximum absolute atomic E-state index is 13.4. The van der Waals surface area contributed by atoms with Crippen LogP contribution in [0.2, 0.25) is 0 Å². The number of hydrogen-bond acceptors (Lipinski definition) is 7. The summed E-state index contributed by atoms with van der Waals surface area (Å²) in [4.78, 5) is 21.6. The van der Waals surface area contributed by atoms with E-state index in [9.17, 15) is 21.6 Å². The Morgan fingerprint density at radius 1 is 0.829 bits per heavy atom. The van der Waals surface area contributed by atoms with Gasteiger partial charge in [0.15, 0.2) is 19.7 Å². The van der Waals surface area contributed by atoms with Gasteiger partial charge < -0.3 is 19.6 Å². The van der Waals surface area contributed by atoms with E-state index in [1.54, 1.807) is 4.90 Å². The molecular weight excluding hydrogens is 488 g/mol. The van der Waals surface area contributed by atoms with Crippen LogP contribution in [0, 0.1) is 11.3 Å². The highest BCUT2D eigenvalue weighted by Gasteiger charge is 2.47. The van der Waals surface area contributed by atoms with Crippen LogP contribution in [0.5, 0.6) is 0 Å². The SMILES string of the molecule is CC1(C)C[C@@H]2CN(C(=O)N3CCS(=O)(=O)CC3)CC1N(c1cccc(N3CCS(=O)(=O)CC3)c1)C2.